The van der Waals surface area contributed by atoms with E-state index in [1.165, 1.54) is 6.07 Å². The van der Waals surface area contributed by atoms with E-state index < -0.39 is 0 Å². The van der Waals surface area contributed by atoms with Crippen LogP contribution in [0, 0.1) is 10.1 Å². The van der Waals surface area contributed by atoms with Gasteiger partial charge in [0.05, 0.1) is 22.7 Å². The number of nitrogen functional groups attached to an aromatic ring is 1. The zero-order valence-corrected chi connectivity index (χ0v) is 28.6. The van der Waals surface area contributed by atoms with Crippen LogP contribution in [0.5, 0.6) is 11.5 Å². The molecule has 8 rings (SSSR count). The minimum absolute atomic E-state index is 0.0577. The van der Waals surface area contributed by atoms with E-state index in [0.29, 0.717) is 53.0 Å². The van der Waals surface area contributed by atoms with Gasteiger partial charge in [-0.1, -0.05) is 42.5 Å². The molecule has 0 bridgehead atoms. The Bertz CT molecular complexity index is 2520. The molecule has 4 aromatic heterocycles. The van der Waals surface area contributed by atoms with Crippen molar-refractivity contribution in [3.8, 4) is 11.5 Å². The first kappa shape index (κ1) is 34.7. The number of nitrogens with zero attached hydrogens (tertiary/aromatic N) is 7. The van der Waals surface area contributed by atoms with Crippen LogP contribution in [0.2, 0.25) is 0 Å². The second-order valence-electron chi connectivity index (χ2n) is 11.7. The summed E-state index contributed by atoms with van der Waals surface area (Å²) in [6.45, 7) is 0.713. The Hall–Kier alpha value is -7.74. The van der Waals surface area contributed by atoms with Gasteiger partial charge in [-0.3, -0.25) is 20.1 Å². The molecule has 14 nitrogen and oxygen atoms in total. The van der Waals surface area contributed by atoms with Crippen molar-refractivity contribution in [2.45, 2.75) is 13.2 Å². The number of pyridine rings is 2. The van der Waals surface area contributed by atoms with Crippen molar-refractivity contribution in [1.29, 1.82) is 0 Å². The van der Waals surface area contributed by atoms with Crippen LogP contribution in [0.4, 0.5) is 34.6 Å². The number of nitro benzene ring substituents is 1. The van der Waals surface area contributed by atoms with E-state index in [-0.39, 0.29) is 10.6 Å². The van der Waals surface area contributed by atoms with Crippen molar-refractivity contribution in [3.63, 3.8) is 0 Å². The van der Waals surface area contributed by atoms with Gasteiger partial charge in [0, 0.05) is 65.1 Å². The van der Waals surface area contributed by atoms with Gasteiger partial charge in [-0.15, -0.1) is 0 Å². The number of fused-ring (bicyclic) bond motifs is 2. The Morgan fingerprint density at radius 1 is 0.556 bits per heavy atom. The van der Waals surface area contributed by atoms with Crippen LogP contribution in [-0.4, -0.2) is 34.8 Å². The van der Waals surface area contributed by atoms with Gasteiger partial charge >= 0.3 is 0 Å². The van der Waals surface area contributed by atoms with Gasteiger partial charge in [-0.2, -0.15) is 0 Å². The number of anilines is 5. The standard InChI is InChI=1S/C20H15N5O3.C20H17N5O/c26-25(27)17-5-6-18(16-4-2-1-3-15(16)17)28-13-14-7-8-22-19(11-14)24-20-12-21-9-10-23-20;21-17-5-6-18(16-4-2-1-3-15(16)17)26-13-14-7-8-23-19(11-14)25-20-12-22-9-10-24-20/h1-12H,13H2,(H,22,23,24);1-12H,13,21H2,(H,23,24,25). The molecule has 0 aliphatic carbocycles. The van der Waals surface area contributed by atoms with Crippen molar-refractivity contribution in [2.24, 2.45) is 0 Å². The van der Waals surface area contributed by atoms with Crippen molar-refractivity contribution in [3.05, 3.63) is 168 Å². The van der Waals surface area contributed by atoms with E-state index in [1.54, 1.807) is 67.8 Å². The fourth-order valence-corrected chi connectivity index (χ4v) is 5.54. The van der Waals surface area contributed by atoms with E-state index in [9.17, 15) is 10.1 Å². The van der Waals surface area contributed by atoms with Crippen molar-refractivity contribution < 1.29 is 14.4 Å². The molecule has 0 fully saturated rings. The molecule has 54 heavy (non-hydrogen) atoms. The van der Waals surface area contributed by atoms with Gasteiger partial charge in [0.25, 0.3) is 5.69 Å². The highest BCUT2D eigenvalue weighted by Crippen LogP contribution is 2.33. The summed E-state index contributed by atoms with van der Waals surface area (Å²) in [5, 5.41) is 20.7. The highest BCUT2D eigenvalue weighted by atomic mass is 16.6. The summed E-state index contributed by atoms with van der Waals surface area (Å²) in [7, 11) is 0. The third-order valence-electron chi connectivity index (χ3n) is 8.05. The normalized spacial score (nSPS) is 10.6. The summed E-state index contributed by atoms with van der Waals surface area (Å²) < 4.78 is 12.0. The molecule has 0 saturated heterocycles. The molecule has 0 unspecified atom stereocenters. The number of rotatable bonds is 11. The number of hydrogen-bond acceptors (Lipinski definition) is 13. The van der Waals surface area contributed by atoms with Crippen LogP contribution in [0.25, 0.3) is 21.5 Å². The molecule has 4 N–H and O–H groups in total. The number of benzene rings is 4. The quantitative estimate of drug-likeness (QED) is 0.0661. The van der Waals surface area contributed by atoms with E-state index in [0.717, 1.165) is 33.3 Å². The van der Waals surface area contributed by atoms with Crippen LogP contribution >= 0.6 is 0 Å². The minimum Gasteiger partial charge on any atom is -0.488 e. The molecule has 4 aromatic carbocycles. The van der Waals surface area contributed by atoms with Gasteiger partial charge in [0.1, 0.15) is 48.0 Å². The number of nitro groups is 1. The summed E-state index contributed by atoms with van der Waals surface area (Å²) in [5.74, 6) is 3.93. The summed E-state index contributed by atoms with van der Waals surface area (Å²) in [4.78, 5) is 35.8. The second kappa shape index (κ2) is 16.5. The maximum absolute atomic E-state index is 11.2. The first-order chi connectivity index (χ1) is 26.5. The van der Waals surface area contributed by atoms with E-state index in [2.05, 4.69) is 40.5 Å². The Morgan fingerprint density at radius 3 is 1.56 bits per heavy atom. The van der Waals surface area contributed by atoms with E-state index in [1.807, 2.05) is 72.8 Å². The SMILES string of the molecule is Nc1ccc(OCc2ccnc(Nc3cnccn3)c2)c2ccccc12.O=[N+]([O-])c1ccc(OCc2ccnc(Nc3cnccn3)c2)c2ccccc12. The number of ether oxygens (including phenoxy) is 2. The molecule has 8 aromatic rings. The van der Waals surface area contributed by atoms with Crippen LogP contribution in [-0.2, 0) is 13.2 Å². The topological polar surface area (TPSA) is 189 Å². The molecule has 14 heteroatoms. The molecule has 0 saturated carbocycles. The van der Waals surface area contributed by atoms with Crippen LogP contribution in [0.1, 0.15) is 11.1 Å². The van der Waals surface area contributed by atoms with E-state index >= 15 is 0 Å². The first-order valence-electron chi connectivity index (χ1n) is 16.6. The summed E-state index contributed by atoms with van der Waals surface area (Å²) in [6, 6.07) is 29.5. The molecule has 266 valence electrons. The lowest BCUT2D eigenvalue weighted by Gasteiger charge is -2.11. The maximum Gasteiger partial charge on any atom is 0.277 e. The van der Waals surface area contributed by atoms with Crippen molar-refractivity contribution in [1.82, 2.24) is 29.9 Å². The van der Waals surface area contributed by atoms with Crippen molar-refractivity contribution >= 4 is 56.2 Å². The van der Waals surface area contributed by atoms with Crippen LogP contribution in [0.15, 0.2) is 147 Å². The molecular weight excluding hydrogens is 685 g/mol. The fourth-order valence-electron chi connectivity index (χ4n) is 5.54. The highest BCUT2D eigenvalue weighted by molar-refractivity contribution is 5.97. The monoisotopic (exact) mass is 716 g/mol. The first-order valence-corrected chi connectivity index (χ1v) is 16.6. The summed E-state index contributed by atoms with van der Waals surface area (Å²) >= 11 is 0. The number of non-ortho nitro benzene ring substituents is 1. The Labute approximate surface area is 308 Å². The minimum atomic E-state index is -0.389. The Balaban J connectivity index is 0.000000167. The average Bonchev–Trinajstić information content (AvgIpc) is 3.21. The predicted octanol–water partition coefficient (Wildman–Crippen LogP) is 8.19. The third-order valence-corrected chi connectivity index (χ3v) is 8.05. The fraction of sp³-hybridized carbons (Fsp3) is 0.0500. The average molecular weight is 717 g/mol. The third kappa shape index (κ3) is 8.58. The maximum atomic E-state index is 11.2. The molecule has 0 aliphatic rings. The molecule has 4 heterocycles. The smallest absolute Gasteiger partial charge is 0.277 e. The van der Waals surface area contributed by atoms with Gasteiger partial charge in [0.15, 0.2) is 0 Å². The second-order valence-corrected chi connectivity index (χ2v) is 11.7. The van der Waals surface area contributed by atoms with Crippen LogP contribution < -0.4 is 25.8 Å². The zero-order valence-electron chi connectivity index (χ0n) is 28.6. The Kier molecular flexibility index (Phi) is 10.6. The summed E-state index contributed by atoms with van der Waals surface area (Å²) in [6.07, 6.45) is 13.1. The van der Waals surface area contributed by atoms with Crippen molar-refractivity contribution in [2.75, 3.05) is 16.4 Å². The van der Waals surface area contributed by atoms with Gasteiger partial charge in [-0.25, -0.2) is 19.9 Å². The van der Waals surface area contributed by atoms with Gasteiger partial charge in [0.2, 0.25) is 0 Å². The largest absolute Gasteiger partial charge is 0.488 e. The number of nitrogens with two attached hydrogens (primary N) is 1. The highest BCUT2D eigenvalue weighted by Gasteiger charge is 2.15. The molecule has 0 amide bonds. The number of aromatic nitrogens is 6. The van der Waals surface area contributed by atoms with Gasteiger partial charge < -0.3 is 25.8 Å². The lowest BCUT2D eigenvalue weighted by molar-refractivity contribution is -0.383. The lowest BCUT2D eigenvalue weighted by atomic mass is 10.1. The molecule has 0 aliphatic heterocycles. The summed E-state index contributed by atoms with van der Waals surface area (Å²) in [5.41, 5.74) is 8.73. The van der Waals surface area contributed by atoms with E-state index in [4.69, 9.17) is 15.2 Å². The lowest BCUT2D eigenvalue weighted by Crippen LogP contribution is -2.00. The number of hydrogen-bond donors (Lipinski definition) is 3. The molecular formula is C40H32N10O4. The Morgan fingerprint density at radius 2 is 1.04 bits per heavy atom. The zero-order chi connectivity index (χ0) is 37.1. The molecule has 0 radical (unpaired) electrons. The molecule has 0 atom stereocenters. The number of nitrogens with one attached hydrogen (secondary N) is 2. The predicted molar refractivity (Wildman–Crippen MR) is 207 cm³/mol. The van der Waals surface area contributed by atoms with Crippen LogP contribution in [0.3, 0.4) is 0 Å². The molecule has 0 spiro atoms. The van der Waals surface area contributed by atoms with Gasteiger partial charge in [-0.05, 0) is 59.7 Å².